The Labute approximate surface area is 231 Å². The predicted octanol–water partition coefficient (Wildman–Crippen LogP) is 8.32. The second-order valence-corrected chi connectivity index (χ2v) is 9.96. The lowest BCUT2D eigenvalue weighted by Gasteiger charge is -2.34. The number of aliphatic hydroxyl groups is 1. The van der Waals surface area contributed by atoms with Crippen molar-refractivity contribution < 1.29 is 36.6 Å². The molecular formula is C32H33F5O3. The van der Waals surface area contributed by atoms with Gasteiger partial charge < -0.3 is 9.84 Å². The molecule has 0 fully saturated rings. The fourth-order valence-electron chi connectivity index (χ4n) is 5.15. The van der Waals surface area contributed by atoms with Gasteiger partial charge >= 0.3 is 6.18 Å². The molecule has 0 radical (unpaired) electrons. The molecule has 0 aliphatic heterocycles. The molecule has 0 aliphatic rings. The molecule has 40 heavy (non-hydrogen) atoms. The Bertz CT molecular complexity index is 1360. The molecule has 3 aromatic carbocycles. The van der Waals surface area contributed by atoms with Gasteiger partial charge in [-0.1, -0.05) is 74.5 Å². The minimum absolute atomic E-state index is 0.120. The Hall–Kier alpha value is -3.52. The number of hydrogen-bond donors (Lipinski definition) is 1. The molecule has 0 spiro atoms. The van der Waals surface area contributed by atoms with E-state index in [4.69, 9.17) is 4.74 Å². The van der Waals surface area contributed by atoms with Gasteiger partial charge in [0.25, 0.3) is 12.9 Å². The number of alkyl halides is 5. The summed E-state index contributed by atoms with van der Waals surface area (Å²) in [5.41, 5.74) is 2.25. The van der Waals surface area contributed by atoms with E-state index in [2.05, 4.69) is 32.0 Å². The average Bonchev–Trinajstić information content (AvgIpc) is 2.91. The van der Waals surface area contributed by atoms with E-state index in [0.717, 1.165) is 52.3 Å². The first-order valence-electron chi connectivity index (χ1n) is 13.0. The zero-order valence-electron chi connectivity index (χ0n) is 22.9. The smallest absolute Gasteiger partial charge is 0.426 e. The number of carbonyl (C=O) groups is 1. The number of hydrogen-bond acceptors (Lipinski definition) is 3. The average molecular weight is 561 g/mol. The van der Waals surface area contributed by atoms with E-state index in [1.54, 1.807) is 19.1 Å². The van der Waals surface area contributed by atoms with Gasteiger partial charge in [-0.05, 0) is 83.3 Å². The molecule has 8 heteroatoms. The molecule has 1 unspecified atom stereocenters. The molecule has 0 amide bonds. The minimum atomic E-state index is -5.51. The zero-order chi connectivity index (χ0) is 29.7. The maximum absolute atomic E-state index is 13.1. The van der Waals surface area contributed by atoms with E-state index in [0.29, 0.717) is 17.6 Å². The monoisotopic (exact) mass is 560 g/mol. The first-order chi connectivity index (χ1) is 18.8. The number of carbonyl (C=O) groups excluding carboxylic acids is 1. The molecule has 0 saturated heterocycles. The van der Waals surface area contributed by atoms with Gasteiger partial charge in [0.05, 0.1) is 0 Å². The number of rotatable bonds is 11. The summed E-state index contributed by atoms with van der Waals surface area (Å²) in [5, 5.41) is 9.59. The number of ether oxygens (including phenoxy) is 1. The van der Waals surface area contributed by atoms with Gasteiger partial charge in [0.2, 0.25) is 5.60 Å². The molecule has 0 saturated carbocycles. The summed E-state index contributed by atoms with van der Waals surface area (Å²) in [4.78, 5) is 10.6. The highest BCUT2D eigenvalue weighted by atomic mass is 19.4. The summed E-state index contributed by atoms with van der Waals surface area (Å²) < 4.78 is 70.3. The first kappa shape index (κ1) is 31.0. The number of aryl methyl sites for hydroxylation is 2. The fourth-order valence-corrected chi connectivity index (χ4v) is 5.15. The van der Waals surface area contributed by atoms with Crippen molar-refractivity contribution in [1.82, 2.24) is 0 Å². The Morgan fingerprint density at radius 2 is 1.52 bits per heavy atom. The van der Waals surface area contributed by atoms with Crippen LogP contribution in [0.4, 0.5) is 22.0 Å². The van der Waals surface area contributed by atoms with Crippen LogP contribution < -0.4 is 0 Å². The van der Waals surface area contributed by atoms with Crippen molar-refractivity contribution in [2.75, 3.05) is 0 Å². The lowest BCUT2D eigenvalue weighted by atomic mass is 9.69. The lowest BCUT2D eigenvalue weighted by Crippen LogP contribution is -2.49. The molecular weight excluding hydrogens is 527 g/mol. The minimum Gasteiger partial charge on any atom is -0.463 e. The van der Waals surface area contributed by atoms with Crippen molar-refractivity contribution in [3.63, 3.8) is 0 Å². The summed E-state index contributed by atoms with van der Waals surface area (Å²) in [6.45, 7) is 8.46. The summed E-state index contributed by atoms with van der Waals surface area (Å²) in [5.74, 6) is 0. The molecule has 3 nitrogen and oxygen atoms in total. The molecule has 214 valence electrons. The highest BCUT2D eigenvalue weighted by molar-refractivity contribution is 5.69. The van der Waals surface area contributed by atoms with Crippen LogP contribution in [-0.2, 0) is 21.6 Å². The third-order valence-corrected chi connectivity index (χ3v) is 7.67. The van der Waals surface area contributed by atoms with Gasteiger partial charge in [0.1, 0.15) is 6.61 Å². The zero-order valence-corrected chi connectivity index (χ0v) is 22.9. The Kier molecular flexibility index (Phi) is 9.56. The van der Waals surface area contributed by atoms with Gasteiger partial charge in [0, 0.05) is 5.41 Å². The number of halogens is 5. The fraction of sp³-hybridized carbons (Fsp3) is 0.344. The van der Waals surface area contributed by atoms with Crippen LogP contribution in [0.15, 0.2) is 66.7 Å². The van der Waals surface area contributed by atoms with Crippen molar-refractivity contribution in [3.8, 4) is 11.1 Å². The molecule has 0 aliphatic carbocycles. The van der Waals surface area contributed by atoms with Crippen LogP contribution in [0.1, 0.15) is 60.1 Å². The van der Waals surface area contributed by atoms with Crippen molar-refractivity contribution in [3.05, 3.63) is 100 Å². The highest BCUT2D eigenvalue weighted by Crippen LogP contribution is 2.42. The Morgan fingerprint density at radius 3 is 2.05 bits per heavy atom. The van der Waals surface area contributed by atoms with Crippen molar-refractivity contribution >= 4 is 12.5 Å². The van der Waals surface area contributed by atoms with Crippen LogP contribution in [0, 0.1) is 13.8 Å². The Morgan fingerprint density at radius 1 is 0.900 bits per heavy atom. The lowest BCUT2D eigenvalue weighted by molar-refractivity contribution is -0.276. The largest absolute Gasteiger partial charge is 0.463 e. The molecule has 0 aromatic heterocycles. The van der Waals surface area contributed by atoms with E-state index >= 15 is 0 Å². The van der Waals surface area contributed by atoms with Gasteiger partial charge in [0.15, 0.2) is 0 Å². The first-order valence-corrected chi connectivity index (χ1v) is 13.0. The van der Waals surface area contributed by atoms with Gasteiger partial charge in [-0.15, -0.1) is 0 Å². The Balaban J connectivity index is 2.00. The molecule has 1 atom stereocenters. The topological polar surface area (TPSA) is 46.5 Å². The number of benzene rings is 3. The van der Waals surface area contributed by atoms with Crippen LogP contribution >= 0.6 is 0 Å². The van der Waals surface area contributed by atoms with Crippen LogP contribution in [-0.4, -0.2) is 29.8 Å². The quantitative estimate of drug-likeness (QED) is 0.190. The standard InChI is InChI=1S/C32H33F5O3/c1-5-30(6-2,26-11-10-24(21(3)16-26)14-15-31(39,29(33)34)32(35,36)37)27-12-13-28(22(4)17-27)25-9-7-8-23(18-25)19-40-20-38/h7-18,20,29,39H,5-6,19H2,1-4H3/b15-14+. The van der Waals surface area contributed by atoms with Crippen LogP contribution in [0.25, 0.3) is 17.2 Å². The van der Waals surface area contributed by atoms with Crippen LogP contribution in [0.2, 0.25) is 0 Å². The summed E-state index contributed by atoms with van der Waals surface area (Å²) >= 11 is 0. The predicted molar refractivity (Wildman–Crippen MR) is 146 cm³/mol. The molecule has 1 N–H and O–H groups in total. The maximum atomic E-state index is 13.1. The van der Waals surface area contributed by atoms with E-state index in [-0.39, 0.29) is 12.7 Å². The molecule has 3 rings (SSSR count). The van der Waals surface area contributed by atoms with E-state index in [1.165, 1.54) is 0 Å². The third kappa shape index (κ3) is 6.12. The van der Waals surface area contributed by atoms with E-state index in [1.807, 2.05) is 37.3 Å². The van der Waals surface area contributed by atoms with Crippen molar-refractivity contribution in [2.24, 2.45) is 0 Å². The summed E-state index contributed by atoms with van der Waals surface area (Å²) in [6, 6.07) is 19.3. The second-order valence-electron chi connectivity index (χ2n) is 9.96. The van der Waals surface area contributed by atoms with E-state index in [9.17, 15) is 31.9 Å². The summed E-state index contributed by atoms with van der Waals surface area (Å²) in [7, 11) is 0. The highest BCUT2D eigenvalue weighted by Gasteiger charge is 2.58. The molecule has 0 heterocycles. The second kappa shape index (κ2) is 12.3. The van der Waals surface area contributed by atoms with Crippen LogP contribution in [0.3, 0.4) is 0 Å². The van der Waals surface area contributed by atoms with Gasteiger partial charge in [-0.3, -0.25) is 4.79 Å². The van der Waals surface area contributed by atoms with Crippen molar-refractivity contribution in [1.29, 1.82) is 0 Å². The third-order valence-electron chi connectivity index (χ3n) is 7.67. The maximum Gasteiger partial charge on any atom is 0.426 e. The van der Waals surface area contributed by atoms with Gasteiger partial charge in [-0.25, -0.2) is 8.78 Å². The normalized spacial score (nSPS) is 14.0. The summed E-state index contributed by atoms with van der Waals surface area (Å²) in [6.07, 6.45) is -7.03. The SMILES string of the molecule is CCC(CC)(c1ccc(/C=C/C(O)(C(F)F)C(F)(F)F)c(C)c1)c1ccc(-c2cccc(COC=O)c2)c(C)c1. The molecule has 3 aromatic rings. The van der Waals surface area contributed by atoms with Crippen LogP contribution in [0.5, 0.6) is 0 Å². The van der Waals surface area contributed by atoms with Gasteiger partial charge in [-0.2, -0.15) is 13.2 Å². The van der Waals surface area contributed by atoms with E-state index < -0.39 is 23.6 Å². The molecule has 0 bridgehead atoms. The van der Waals surface area contributed by atoms with Crippen molar-refractivity contribution in [2.45, 2.75) is 70.8 Å².